The molecule has 3 nitrogen and oxygen atoms in total. The highest BCUT2D eigenvalue weighted by atomic mass is 32.1. The molecule has 0 saturated heterocycles. The highest BCUT2D eigenvalue weighted by molar-refractivity contribution is 7.80. The summed E-state index contributed by atoms with van der Waals surface area (Å²) in [5.74, 6) is 0.960. The number of thiol groups is 1. The molecule has 0 rings (SSSR count). The molecule has 0 aliphatic rings. The van der Waals surface area contributed by atoms with Gasteiger partial charge in [0, 0.05) is 0 Å². The van der Waals surface area contributed by atoms with Gasteiger partial charge in [0.25, 0.3) is 0 Å². The quantitative estimate of drug-likeness (QED) is 0.475. The summed E-state index contributed by atoms with van der Waals surface area (Å²) in [6.07, 6.45) is 3.31. The van der Waals surface area contributed by atoms with Crippen LogP contribution >= 0.6 is 12.6 Å². The Bertz CT molecular complexity index is 81.8. The third kappa shape index (κ3) is 8.56. The molecule has 80 valence electrons. The number of nitrogens with two attached hydrogens (primary N) is 2. The van der Waals surface area contributed by atoms with Gasteiger partial charge in [-0.3, -0.25) is 0 Å². The number of rotatable bonds is 9. The fourth-order valence-electron chi connectivity index (χ4n) is 1.26. The lowest BCUT2D eigenvalue weighted by molar-refractivity contribution is 0.271. The highest BCUT2D eigenvalue weighted by Gasteiger charge is 2.02. The van der Waals surface area contributed by atoms with E-state index >= 15 is 0 Å². The molecule has 4 N–H and O–H groups in total. The van der Waals surface area contributed by atoms with E-state index in [9.17, 15) is 0 Å². The van der Waals surface area contributed by atoms with Crippen LogP contribution in [0, 0.1) is 0 Å². The standard InChI is InChI=1S/C9H23N3S/c10-4-1-6-12(7-2-5-11)8-3-9-13/h13H,1-11H2. The van der Waals surface area contributed by atoms with Crippen molar-refractivity contribution in [2.24, 2.45) is 11.5 Å². The molecule has 0 heterocycles. The summed E-state index contributed by atoms with van der Waals surface area (Å²) in [6.45, 7) is 4.89. The highest BCUT2D eigenvalue weighted by Crippen LogP contribution is 1.96. The van der Waals surface area contributed by atoms with Crippen LogP contribution in [0.3, 0.4) is 0 Å². The first-order valence-corrected chi connectivity index (χ1v) is 5.71. The van der Waals surface area contributed by atoms with E-state index in [0.29, 0.717) is 0 Å². The molecule has 0 fully saturated rings. The van der Waals surface area contributed by atoms with E-state index in [4.69, 9.17) is 11.5 Å². The Kier molecular flexibility index (Phi) is 10.5. The predicted molar refractivity (Wildman–Crippen MR) is 62.3 cm³/mol. The first kappa shape index (κ1) is 13.2. The molecule has 0 unspecified atom stereocenters. The Morgan fingerprint density at radius 2 is 1.31 bits per heavy atom. The topological polar surface area (TPSA) is 55.3 Å². The molecule has 0 atom stereocenters. The van der Waals surface area contributed by atoms with Crippen molar-refractivity contribution in [1.82, 2.24) is 4.90 Å². The van der Waals surface area contributed by atoms with Gasteiger partial charge in [0.1, 0.15) is 0 Å². The second-order valence-corrected chi connectivity index (χ2v) is 3.65. The molecular weight excluding hydrogens is 182 g/mol. The maximum Gasteiger partial charge on any atom is -0.000670 e. The lowest BCUT2D eigenvalue weighted by Crippen LogP contribution is -2.30. The zero-order valence-electron chi connectivity index (χ0n) is 8.41. The molecule has 13 heavy (non-hydrogen) atoms. The van der Waals surface area contributed by atoms with E-state index in [1.807, 2.05) is 0 Å². The first-order chi connectivity index (χ1) is 6.35. The predicted octanol–water partition coefficient (Wildman–Crippen LogP) is 0.306. The number of hydrogen-bond donors (Lipinski definition) is 3. The molecule has 0 aliphatic carbocycles. The van der Waals surface area contributed by atoms with Crippen molar-refractivity contribution in [2.45, 2.75) is 19.3 Å². The van der Waals surface area contributed by atoms with Gasteiger partial charge in [-0.25, -0.2) is 0 Å². The van der Waals surface area contributed by atoms with E-state index in [2.05, 4.69) is 17.5 Å². The Morgan fingerprint density at radius 3 is 1.69 bits per heavy atom. The molecule has 0 aromatic heterocycles. The van der Waals surface area contributed by atoms with Gasteiger partial charge in [0.2, 0.25) is 0 Å². The smallest absolute Gasteiger partial charge is 0.000670 e. The summed E-state index contributed by atoms with van der Waals surface area (Å²) in [6, 6.07) is 0. The molecular formula is C9H23N3S. The van der Waals surface area contributed by atoms with Crippen LogP contribution in [0.1, 0.15) is 19.3 Å². The monoisotopic (exact) mass is 205 g/mol. The first-order valence-electron chi connectivity index (χ1n) is 5.08. The Balaban J connectivity index is 3.47. The minimum Gasteiger partial charge on any atom is -0.330 e. The van der Waals surface area contributed by atoms with Gasteiger partial charge in [0.05, 0.1) is 0 Å². The lowest BCUT2D eigenvalue weighted by atomic mass is 10.3. The van der Waals surface area contributed by atoms with Crippen molar-refractivity contribution >= 4 is 12.6 Å². The van der Waals surface area contributed by atoms with Gasteiger partial charge < -0.3 is 16.4 Å². The molecule has 0 radical (unpaired) electrons. The maximum atomic E-state index is 5.47. The Labute approximate surface area is 87.3 Å². The van der Waals surface area contributed by atoms with Crippen LogP contribution in [0.25, 0.3) is 0 Å². The minimum absolute atomic E-state index is 0.778. The van der Waals surface area contributed by atoms with Gasteiger partial charge in [-0.05, 0) is 57.7 Å². The van der Waals surface area contributed by atoms with Gasteiger partial charge in [0.15, 0.2) is 0 Å². The van der Waals surface area contributed by atoms with Crippen molar-refractivity contribution < 1.29 is 0 Å². The van der Waals surface area contributed by atoms with Crippen LogP contribution in [0.15, 0.2) is 0 Å². The largest absolute Gasteiger partial charge is 0.330 e. The fourth-order valence-corrected chi connectivity index (χ4v) is 1.40. The van der Waals surface area contributed by atoms with Crippen LogP contribution in [0.4, 0.5) is 0 Å². The van der Waals surface area contributed by atoms with Crippen LogP contribution in [-0.2, 0) is 0 Å². The molecule has 0 saturated carbocycles. The van der Waals surface area contributed by atoms with Crippen LogP contribution in [-0.4, -0.2) is 43.4 Å². The van der Waals surface area contributed by atoms with E-state index in [0.717, 1.165) is 57.7 Å². The molecule has 0 spiro atoms. The lowest BCUT2D eigenvalue weighted by Gasteiger charge is -2.21. The average Bonchev–Trinajstić information content (AvgIpc) is 2.17. The third-order valence-corrected chi connectivity index (χ3v) is 2.31. The zero-order chi connectivity index (χ0) is 9.94. The van der Waals surface area contributed by atoms with E-state index in [-0.39, 0.29) is 0 Å². The minimum atomic E-state index is 0.778. The van der Waals surface area contributed by atoms with E-state index in [1.165, 1.54) is 0 Å². The van der Waals surface area contributed by atoms with Crippen LogP contribution in [0.5, 0.6) is 0 Å². The van der Waals surface area contributed by atoms with Crippen molar-refractivity contribution in [2.75, 3.05) is 38.5 Å². The van der Waals surface area contributed by atoms with Crippen molar-refractivity contribution in [3.8, 4) is 0 Å². The second kappa shape index (κ2) is 10.3. The fraction of sp³-hybridized carbons (Fsp3) is 1.00. The average molecular weight is 205 g/mol. The normalized spacial score (nSPS) is 11.1. The summed E-state index contributed by atoms with van der Waals surface area (Å²) in [4.78, 5) is 2.43. The van der Waals surface area contributed by atoms with Crippen molar-refractivity contribution in [3.63, 3.8) is 0 Å². The van der Waals surface area contributed by atoms with Crippen LogP contribution in [0.2, 0.25) is 0 Å². The van der Waals surface area contributed by atoms with E-state index < -0.39 is 0 Å². The summed E-state index contributed by atoms with van der Waals surface area (Å²) >= 11 is 4.20. The second-order valence-electron chi connectivity index (χ2n) is 3.20. The SMILES string of the molecule is NCCCN(CCCN)CCCS. The van der Waals surface area contributed by atoms with Gasteiger partial charge in [-0.1, -0.05) is 0 Å². The molecule has 0 aromatic carbocycles. The van der Waals surface area contributed by atoms with Crippen molar-refractivity contribution in [1.29, 1.82) is 0 Å². The van der Waals surface area contributed by atoms with Gasteiger partial charge in [-0.2, -0.15) is 12.6 Å². The zero-order valence-corrected chi connectivity index (χ0v) is 9.31. The molecule has 4 heteroatoms. The molecule has 0 aromatic rings. The van der Waals surface area contributed by atoms with E-state index in [1.54, 1.807) is 0 Å². The van der Waals surface area contributed by atoms with Crippen LogP contribution < -0.4 is 11.5 Å². The van der Waals surface area contributed by atoms with Gasteiger partial charge >= 0.3 is 0 Å². The molecule has 0 amide bonds. The Morgan fingerprint density at radius 1 is 0.846 bits per heavy atom. The maximum absolute atomic E-state index is 5.47. The molecule has 0 bridgehead atoms. The summed E-state index contributed by atoms with van der Waals surface area (Å²) < 4.78 is 0. The summed E-state index contributed by atoms with van der Waals surface area (Å²) in [5.41, 5.74) is 10.9. The Hall–Kier alpha value is 0.230. The third-order valence-electron chi connectivity index (χ3n) is 1.99. The summed E-state index contributed by atoms with van der Waals surface area (Å²) in [5, 5.41) is 0. The number of nitrogens with zero attached hydrogens (tertiary/aromatic N) is 1. The number of hydrogen-bond acceptors (Lipinski definition) is 4. The van der Waals surface area contributed by atoms with Crippen molar-refractivity contribution in [3.05, 3.63) is 0 Å². The summed E-state index contributed by atoms with van der Waals surface area (Å²) in [7, 11) is 0. The van der Waals surface area contributed by atoms with Gasteiger partial charge in [-0.15, -0.1) is 0 Å². The molecule has 0 aliphatic heterocycles.